The van der Waals surface area contributed by atoms with Gasteiger partial charge < -0.3 is 9.73 Å². The van der Waals surface area contributed by atoms with Crippen LogP contribution in [-0.4, -0.2) is 6.54 Å². The summed E-state index contributed by atoms with van der Waals surface area (Å²) in [6.07, 6.45) is 0. The number of hydrogen-bond acceptors (Lipinski definition) is 2. The first-order valence-electron chi connectivity index (χ1n) is 7.52. The van der Waals surface area contributed by atoms with Crippen molar-refractivity contribution in [3.63, 3.8) is 0 Å². The largest absolute Gasteiger partial charge is 0.459 e. The summed E-state index contributed by atoms with van der Waals surface area (Å²) in [6.45, 7) is 15.1. The molecule has 1 aromatic carbocycles. The van der Waals surface area contributed by atoms with Gasteiger partial charge >= 0.3 is 0 Å². The molecular formula is C18H27NO. The number of nitrogens with one attached hydrogen (secondary N) is 1. The Labute approximate surface area is 122 Å². The maximum atomic E-state index is 6.13. The van der Waals surface area contributed by atoms with E-state index in [0.29, 0.717) is 5.92 Å². The quantitative estimate of drug-likeness (QED) is 0.867. The van der Waals surface area contributed by atoms with Gasteiger partial charge in [0.2, 0.25) is 0 Å². The molecule has 0 saturated carbocycles. The van der Waals surface area contributed by atoms with Crippen LogP contribution in [0.15, 0.2) is 22.6 Å². The van der Waals surface area contributed by atoms with E-state index >= 15 is 0 Å². The van der Waals surface area contributed by atoms with Crippen LogP contribution in [-0.2, 0) is 12.0 Å². The van der Waals surface area contributed by atoms with Crippen molar-refractivity contribution in [2.45, 2.75) is 53.5 Å². The second-order valence-electron chi connectivity index (χ2n) is 7.16. The predicted molar refractivity (Wildman–Crippen MR) is 86.2 cm³/mol. The molecule has 110 valence electrons. The summed E-state index contributed by atoms with van der Waals surface area (Å²) in [5, 5.41) is 4.69. The van der Waals surface area contributed by atoms with Gasteiger partial charge in [-0.1, -0.05) is 46.8 Å². The number of fused-ring (bicyclic) bond motifs is 1. The van der Waals surface area contributed by atoms with Gasteiger partial charge in [-0.25, -0.2) is 0 Å². The third-order valence-electron chi connectivity index (χ3n) is 3.61. The lowest BCUT2D eigenvalue weighted by atomic mass is 9.85. The van der Waals surface area contributed by atoms with E-state index in [-0.39, 0.29) is 5.41 Å². The Bertz CT molecular complexity index is 587. The van der Waals surface area contributed by atoms with E-state index in [2.05, 4.69) is 65.1 Å². The lowest BCUT2D eigenvalue weighted by Gasteiger charge is -2.19. The zero-order valence-corrected chi connectivity index (χ0v) is 13.6. The van der Waals surface area contributed by atoms with Gasteiger partial charge in [0.05, 0.1) is 6.54 Å². The molecule has 0 bridgehead atoms. The van der Waals surface area contributed by atoms with Gasteiger partial charge in [-0.15, -0.1) is 0 Å². The Morgan fingerprint density at radius 1 is 1.20 bits per heavy atom. The van der Waals surface area contributed by atoms with Crippen molar-refractivity contribution in [2.24, 2.45) is 5.92 Å². The predicted octanol–water partition coefficient (Wildman–Crippen LogP) is 4.78. The summed E-state index contributed by atoms with van der Waals surface area (Å²) >= 11 is 0. The van der Waals surface area contributed by atoms with Gasteiger partial charge in [-0.3, -0.25) is 0 Å². The lowest BCUT2D eigenvalue weighted by molar-refractivity contribution is 0.478. The van der Waals surface area contributed by atoms with Crippen molar-refractivity contribution in [3.8, 4) is 0 Å². The Balaban J connectivity index is 2.34. The average molecular weight is 273 g/mol. The van der Waals surface area contributed by atoms with Crippen molar-refractivity contribution in [1.29, 1.82) is 0 Å². The molecule has 2 nitrogen and oxygen atoms in total. The standard InChI is InChI=1S/C18H27NO/c1-12(2)10-19-11-14-9-15-13(3)7-8-16(17(15)20-14)18(4,5)6/h7-9,12,19H,10-11H2,1-6H3. The van der Waals surface area contributed by atoms with E-state index in [1.165, 1.54) is 16.5 Å². The van der Waals surface area contributed by atoms with Crippen LogP contribution in [0, 0.1) is 12.8 Å². The lowest BCUT2D eigenvalue weighted by Crippen LogP contribution is -2.18. The molecule has 2 heteroatoms. The molecule has 1 heterocycles. The number of rotatable bonds is 4. The Kier molecular flexibility index (Phi) is 4.24. The van der Waals surface area contributed by atoms with Crippen molar-refractivity contribution in [1.82, 2.24) is 5.32 Å². The third-order valence-corrected chi connectivity index (χ3v) is 3.61. The van der Waals surface area contributed by atoms with Gasteiger partial charge in [-0.05, 0) is 36.4 Å². The summed E-state index contributed by atoms with van der Waals surface area (Å²) in [5.41, 5.74) is 3.73. The summed E-state index contributed by atoms with van der Waals surface area (Å²) in [4.78, 5) is 0. The van der Waals surface area contributed by atoms with E-state index < -0.39 is 0 Å². The number of hydrogen-bond donors (Lipinski definition) is 1. The molecule has 2 rings (SSSR count). The van der Waals surface area contributed by atoms with E-state index in [0.717, 1.165) is 24.4 Å². The van der Waals surface area contributed by atoms with Crippen molar-refractivity contribution >= 4 is 11.0 Å². The fourth-order valence-electron chi connectivity index (χ4n) is 2.47. The Morgan fingerprint density at radius 2 is 1.90 bits per heavy atom. The minimum Gasteiger partial charge on any atom is -0.459 e. The number of benzene rings is 1. The first-order valence-corrected chi connectivity index (χ1v) is 7.52. The van der Waals surface area contributed by atoms with Gasteiger partial charge in [0.1, 0.15) is 11.3 Å². The molecule has 0 radical (unpaired) electrons. The van der Waals surface area contributed by atoms with Crippen LogP contribution in [0.1, 0.15) is 51.5 Å². The fourth-order valence-corrected chi connectivity index (χ4v) is 2.47. The Morgan fingerprint density at radius 3 is 2.50 bits per heavy atom. The molecule has 20 heavy (non-hydrogen) atoms. The molecule has 1 N–H and O–H groups in total. The zero-order valence-electron chi connectivity index (χ0n) is 13.6. The third kappa shape index (κ3) is 3.24. The summed E-state index contributed by atoms with van der Waals surface area (Å²) in [6, 6.07) is 6.59. The van der Waals surface area contributed by atoms with Crippen LogP contribution in [0.25, 0.3) is 11.0 Å². The normalized spacial score (nSPS) is 12.6. The summed E-state index contributed by atoms with van der Waals surface area (Å²) in [7, 11) is 0. The fraction of sp³-hybridized carbons (Fsp3) is 0.556. The molecule has 0 aliphatic carbocycles. The first kappa shape index (κ1) is 15.1. The molecule has 1 aromatic heterocycles. The van der Waals surface area contributed by atoms with Gasteiger partial charge in [0, 0.05) is 10.9 Å². The van der Waals surface area contributed by atoms with E-state index in [1.54, 1.807) is 0 Å². The first-order chi connectivity index (χ1) is 9.29. The van der Waals surface area contributed by atoms with Gasteiger partial charge in [-0.2, -0.15) is 0 Å². The van der Waals surface area contributed by atoms with Crippen LogP contribution >= 0.6 is 0 Å². The van der Waals surface area contributed by atoms with Crippen LogP contribution < -0.4 is 5.32 Å². The zero-order chi connectivity index (χ0) is 14.9. The highest BCUT2D eigenvalue weighted by atomic mass is 16.3. The molecule has 0 saturated heterocycles. The smallest absolute Gasteiger partial charge is 0.138 e. The molecule has 0 spiro atoms. The van der Waals surface area contributed by atoms with E-state index in [1.807, 2.05) is 0 Å². The molecule has 0 aliphatic rings. The van der Waals surface area contributed by atoms with Gasteiger partial charge in [0.15, 0.2) is 0 Å². The maximum Gasteiger partial charge on any atom is 0.138 e. The van der Waals surface area contributed by atoms with Crippen molar-refractivity contribution in [3.05, 3.63) is 35.1 Å². The number of aryl methyl sites for hydroxylation is 1. The average Bonchev–Trinajstić information content (AvgIpc) is 2.71. The molecule has 0 amide bonds. The number of furan rings is 1. The van der Waals surface area contributed by atoms with Crippen molar-refractivity contribution < 1.29 is 4.42 Å². The molecule has 0 fully saturated rings. The van der Waals surface area contributed by atoms with Crippen LogP contribution in [0.4, 0.5) is 0 Å². The minimum atomic E-state index is 0.104. The highest BCUT2D eigenvalue weighted by molar-refractivity contribution is 5.85. The molecular weight excluding hydrogens is 246 g/mol. The molecule has 2 aromatic rings. The summed E-state index contributed by atoms with van der Waals surface area (Å²) in [5.74, 6) is 1.69. The highest BCUT2D eigenvalue weighted by Gasteiger charge is 2.20. The van der Waals surface area contributed by atoms with E-state index in [9.17, 15) is 0 Å². The Hall–Kier alpha value is -1.28. The van der Waals surface area contributed by atoms with Gasteiger partial charge in [0.25, 0.3) is 0 Å². The molecule has 0 unspecified atom stereocenters. The van der Waals surface area contributed by atoms with E-state index in [4.69, 9.17) is 4.42 Å². The highest BCUT2D eigenvalue weighted by Crippen LogP contribution is 2.33. The molecule has 0 atom stereocenters. The van der Waals surface area contributed by atoms with Crippen LogP contribution in [0.3, 0.4) is 0 Å². The second kappa shape index (κ2) is 5.61. The summed E-state index contributed by atoms with van der Waals surface area (Å²) < 4.78 is 6.13. The monoisotopic (exact) mass is 273 g/mol. The second-order valence-corrected chi connectivity index (χ2v) is 7.16. The topological polar surface area (TPSA) is 25.2 Å². The van der Waals surface area contributed by atoms with Crippen molar-refractivity contribution in [2.75, 3.05) is 6.54 Å². The SMILES string of the molecule is Cc1ccc(C(C)(C)C)c2oc(CNCC(C)C)cc12. The molecule has 0 aliphatic heterocycles. The minimum absolute atomic E-state index is 0.104. The maximum absolute atomic E-state index is 6.13. The van der Waals surface area contributed by atoms with Crippen LogP contribution in [0.2, 0.25) is 0 Å². The van der Waals surface area contributed by atoms with Crippen LogP contribution in [0.5, 0.6) is 0 Å².